The Morgan fingerprint density at radius 2 is 2.25 bits per heavy atom. The molecular weight excluding hydrogens is 231 g/mol. The summed E-state index contributed by atoms with van der Waals surface area (Å²) in [5.74, 6) is -0.621. The summed E-state index contributed by atoms with van der Waals surface area (Å²) >= 11 is 1.06. The molecule has 2 rings (SSSR count). The molecule has 2 aromatic heterocycles. The van der Waals surface area contributed by atoms with Crippen LogP contribution in [-0.4, -0.2) is 20.2 Å². The number of carbonyl (C=O) groups is 1. The number of nitrogens with zero attached hydrogens (tertiary/aromatic N) is 3. The Bertz CT molecular complexity index is 528. The number of aromatic nitrogens is 3. The van der Waals surface area contributed by atoms with Gasteiger partial charge in [0.15, 0.2) is 0 Å². The van der Waals surface area contributed by atoms with Crippen molar-refractivity contribution in [3.63, 3.8) is 0 Å². The first-order valence-electron chi connectivity index (χ1n) is 4.39. The standard InChI is InChI=1S/C9H7FN4OS/c1-5-11-9(16-14-5)13-8(15)6-3-2-4-7(10)12-6/h2-4H,1H3,(H,11,13,14,15). The van der Waals surface area contributed by atoms with Crippen LogP contribution in [0.2, 0.25) is 0 Å². The molecule has 1 N–H and O–H groups in total. The second-order valence-corrected chi connectivity index (χ2v) is 3.70. The summed E-state index contributed by atoms with van der Waals surface area (Å²) < 4.78 is 16.7. The van der Waals surface area contributed by atoms with Gasteiger partial charge in [-0.25, -0.2) is 9.97 Å². The quantitative estimate of drug-likeness (QED) is 0.807. The lowest BCUT2D eigenvalue weighted by Crippen LogP contribution is -2.13. The van der Waals surface area contributed by atoms with Crippen LogP contribution in [0.25, 0.3) is 0 Å². The van der Waals surface area contributed by atoms with E-state index in [0.717, 1.165) is 11.5 Å². The van der Waals surface area contributed by atoms with Crippen LogP contribution in [0.4, 0.5) is 9.52 Å². The van der Waals surface area contributed by atoms with Crippen LogP contribution in [-0.2, 0) is 0 Å². The lowest BCUT2D eigenvalue weighted by Gasteiger charge is -1.99. The maximum Gasteiger partial charge on any atom is 0.276 e. The number of carbonyl (C=O) groups excluding carboxylic acids is 1. The largest absolute Gasteiger partial charge is 0.295 e. The maximum absolute atomic E-state index is 12.8. The van der Waals surface area contributed by atoms with Gasteiger partial charge in [0.25, 0.3) is 5.91 Å². The molecule has 0 spiro atoms. The van der Waals surface area contributed by atoms with Gasteiger partial charge in [-0.15, -0.1) is 0 Å². The summed E-state index contributed by atoms with van der Waals surface area (Å²) in [6, 6.07) is 4.01. The number of anilines is 1. The van der Waals surface area contributed by atoms with E-state index < -0.39 is 11.9 Å². The Kier molecular flexibility index (Phi) is 2.86. The van der Waals surface area contributed by atoms with Crippen molar-refractivity contribution >= 4 is 22.6 Å². The van der Waals surface area contributed by atoms with Crippen LogP contribution in [0, 0.1) is 12.9 Å². The summed E-state index contributed by atoms with van der Waals surface area (Å²) in [5.41, 5.74) is 0.00727. The normalized spacial score (nSPS) is 10.1. The van der Waals surface area contributed by atoms with Crippen molar-refractivity contribution in [3.8, 4) is 0 Å². The first-order valence-corrected chi connectivity index (χ1v) is 5.17. The van der Waals surface area contributed by atoms with Crippen LogP contribution in [0.3, 0.4) is 0 Å². The number of rotatable bonds is 2. The zero-order valence-corrected chi connectivity index (χ0v) is 9.08. The summed E-state index contributed by atoms with van der Waals surface area (Å²) in [5, 5.41) is 2.85. The highest BCUT2D eigenvalue weighted by molar-refractivity contribution is 7.09. The zero-order chi connectivity index (χ0) is 11.5. The summed E-state index contributed by atoms with van der Waals surface area (Å²) in [7, 11) is 0. The van der Waals surface area contributed by atoms with Crippen LogP contribution >= 0.6 is 11.5 Å². The molecule has 0 saturated heterocycles. The van der Waals surface area contributed by atoms with Gasteiger partial charge in [0.05, 0.1) is 0 Å². The van der Waals surface area contributed by atoms with Crippen molar-refractivity contribution in [2.75, 3.05) is 5.32 Å². The summed E-state index contributed by atoms with van der Waals surface area (Å²) in [6.45, 7) is 1.71. The van der Waals surface area contributed by atoms with E-state index in [4.69, 9.17) is 0 Å². The van der Waals surface area contributed by atoms with E-state index in [1.807, 2.05) is 0 Å². The molecule has 0 aliphatic heterocycles. The highest BCUT2D eigenvalue weighted by atomic mass is 32.1. The number of hydrogen-bond donors (Lipinski definition) is 1. The molecule has 2 heterocycles. The Balaban J connectivity index is 2.14. The third-order valence-corrected chi connectivity index (χ3v) is 2.42. The first-order chi connectivity index (χ1) is 7.65. The molecule has 0 atom stereocenters. The van der Waals surface area contributed by atoms with Crippen molar-refractivity contribution in [1.29, 1.82) is 0 Å². The van der Waals surface area contributed by atoms with Crippen molar-refractivity contribution < 1.29 is 9.18 Å². The second kappa shape index (κ2) is 4.31. The summed E-state index contributed by atoms with van der Waals surface area (Å²) in [6.07, 6.45) is 0. The fraction of sp³-hybridized carbons (Fsp3) is 0.111. The Morgan fingerprint density at radius 1 is 1.44 bits per heavy atom. The third kappa shape index (κ3) is 2.37. The molecule has 0 aliphatic carbocycles. The molecule has 7 heteroatoms. The van der Waals surface area contributed by atoms with Crippen molar-refractivity contribution in [2.24, 2.45) is 0 Å². The van der Waals surface area contributed by atoms with E-state index in [2.05, 4.69) is 19.7 Å². The lowest BCUT2D eigenvalue weighted by atomic mass is 10.3. The highest BCUT2D eigenvalue weighted by Crippen LogP contribution is 2.11. The lowest BCUT2D eigenvalue weighted by molar-refractivity contribution is 0.102. The summed E-state index contributed by atoms with van der Waals surface area (Å²) in [4.78, 5) is 19.0. The zero-order valence-electron chi connectivity index (χ0n) is 8.27. The minimum Gasteiger partial charge on any atom is -0.295 e. The van der Waals surface area contributed by atoms with E-state index in [0.29, 0.717) is 11.0 Å². The van der Waals surface area contributed by atoms with E-state index in [1.165, 1.54) is 18.2 Å². The number of hydrogen-bond acceptors (Lipinski definition) is 5. The number of halogens is 1. The molecule has 0 aliphatic rings. The Hall–Kier alpha value is -1.89. The number of aryl methyl sites for hydroxylation is 1. The van der Waals surface area contributed by atoms with Crippen LogP contribution in [0.5, 0.6) is 0 Å². The molecule has 82 valence electrons. The van der Waals surface area contributed by atoms with Gasteiger partial charge in [0.1, 0.15) is 11.5 Å². The van der Waals surface area contributed by atoms with Crippen molar-refractivity contribution in [2.45, 2.75) is 6.92 Å². The fourth-order valence-corrected chi connectivity index (χ4v) is 1.61. The van der Waals surface area contributed by atoms with E-state index in [-0.39, 0.29) is 5.69 Å². The van der Waals surface area contributed by atoms with Gasteiger partial charge >= 0.3 is 0 Å². The average molecular weight is 238 g/mol. The van der Waals surface area contributed by atoms with Gasteiger partial charge in [-0.3, -0.25) is 10.1 Å². The minimum atomic E-state index is -0.693. The molecule has 0 bridgehead atoms. The molecule has 0 saturated carbocycles. The predicted octanol–water partition coefficient (Wildman–Crippen LogP) is 1.63. The van der Waals surface area contributed by atoms with Crippen LogP contribution < -0.4 is 5.32 Å². The monoisotopic (exact) mass is 238 g/mol. The number of amides is 1. The first kappa shape index (κ1) is 10.6. The van der Waals surface area contributed by atoms with E-state index in [9.17, 15) is 9.18 Å². The third-order valence-electron chi connectivity index (χ3n) is 1.70. The van der Waals surface area contributed by atoms with Gasteiger partial charge in [-0.1, -0.05) is 6.07 Å². The van der Waals surface area contributed by atoms with Gasteiger partial charge in [-0.05, 0) is 19.1 Å². The molecular formula is C9H7FN4OS. The molecule has 2 aromatic rings. The van der Waals surface area contributed by atoms with Crippen molar-refractivity contribution in [1.82, 2.24) is 14.3 Å². The minimum absolute atomic E-state index is 0.00727. The molecule has 1 amide bonds. The van der Waals surface area contributed by atoms with Crippen LogP contribution in [0.1, 0.15) is 16.3 Å². The average Bonchev–Trinajstić information content (AvgIpc) is 2.64. The predicted molar refractivity (Wildman–Crippen MR) is 56.8 cm³/mol. The van der Waals surface area contributed by atoms with Crippen LogP contribution in [0.15, 0.2) is 18.2 Å². The molecule has 0 aromatic carbocycles. The molecule has 0 fully saturated rings. The Morgan fingerprint density at radius 3 is 2.88 bits per heavy atom. The van der Waals surface area contributed by atoms with Crippen molar-refractivity contribution in [3.05, 3.63) is 35.7 Å². The SMILES string of the molecule is Cc1nsc(NC(=O)c2cccc(F)n2)n1. The second-order valence-electron chi connectivity index (χ2n) is 2.95. The topological polar surface area (TPSA) is 67.8 Å². The fourth-order valence-electron chi connectivity index (χ4n) is 1.04. The highest BCUT2D eigenvalue weighted by Gasteiger charge is 2.10. The number of pyridine rings is 1. The Labute approximate surface area is 94.5 Å². The van der Waals surface area contributed by atoms with Gasteiger partial charge in [-0.2, -0.15) is 8.76 Å². The van der Waals surface area contributed by atoms with Gasteiger partial charge in [0.2, 0.25) is 11.1 Å². The molecule has 0 radical (unpaired) electrons. The smallest absolute Gasteiger partial charge is 0.276 e. The van der Waals surface area contributed by atoms with E-state index in [1.54, 1.807) is 6.92 Å². The van der Waals surface area contributed by atoms with Gasteiger partial charge < -0.3 is 0 Å². The molecule has 16 heavy (non-hydrogen) atoms. The molecule has 5 nitrogen and oxygen atoms in total. The van der Waals surface area contributed by atoms with Gasteiger partial charge in [0, 0.05) is 11.5 Å². The number of nitrogens with one attached hydrogen (secondary N) is 1. The van der Waals surface area contributed by atoms with E-state index >= 15 is 0 Å². The maximum atomic E-state index is 12.8. The molecule has 0 unspecified atom stereocenters.